The Morgan fingerprint density at radius 3 is 2.41 bits per heavy atom. The molecule has 1 aliphatic heterocycles. The van der Waals surface area contributed by atoms with Crippen molar-refractivity contribution in [3.8, 4) is 0 Å². The summed E-state index contributed by atoms with van der Waals surface area (Å²) in [6.45, 7) is 1.07. The van der Waals surface area contributed by atoms with Gasteiger partial charge < -0.3 is 10.6 Å². The van der Waals surface area contributed by atoms with E-state index in [1.165, 1.54) is 0 Å². The average molecular weight is 388 g/mol. The third-order valence-electron chi connectivity index (χ3n) is 5.17. The first-order valence-corrected chi connectivity index (χ1v) is 9.89. The highest BCUT2D eigenvalue weighted by Gasteiger charge is 2.28. The van der Waals surface area contributed by atoms with E-state index in [0.717, 1.165) is 23.2 Å². The van der Waals surface area contributed by atoms with Crippen molar-refractivity contribution in [3.63, 3.8) is 0 Å². The molecule has 2 N–H and O–H groups in total. The highest BCUT2D eigenvalue weighted by atomic mass is 16.2. The molecule has 6 nitrogen and oxygen atoms in total. The topological polar surface area (TPSA) is 76.0 Å². The van der Waals surface area contributed by atoms with Crippen molar-refractivity contribution in [3.05, 3.63) is 89.2 Å². The first kappa shape index (κ1) is 18.9. The fraction of sp³-hybridized carbons (Fsp3) is 0.261. The van der Waals surface area contributed by atoms with E-state index in [4.69, 9.17) is 0 Å². The van der Waals surface area contributed by atoms with Crippen LogP contribution < -0.4 is 10.6 Å². The Hall–Kier alpha value is -3.41. The molecule has 1 aliphatic rings. The van der Waals surface area contributed by atoms with Gasteiger partial charge in [0, 0.05) is 19.4 Å². The molecule has 2 aromatic carbocycles. The summed E-state index contributed by atoms with van der Waals surface area (Å²) in [5.74, 6) is -0.106. The van der Waals surface area contributed by atoms with Crippen LogP contribution in [0.4, 0.5) is 0 Å². The molecule has 0 radical (unpaired) electrons. The normalized spacial score (nSPS) is 15.0. The highest BCUT2D eigenvalue weighted by Crippen LogP contribution is 2.19. The second kappa shape index (κ2) is 8.73. The number of aromatic nitrogens is 2. The molecule has 6 heteroatoms. The van der Waals surface area contributed by atoms with Gasteiger partial charge in [-0.15, -0.1) is 0 Å². The summed E-state index contributed by atoms with van der Waals surface area (Å²) in [5, 5.41) is 10.3. The standard InChI is InChI=1S/C23H24N4O2/c28-22(12-11-17-7-3-1-4-8-17)26-19-13-21-20(15-25-27(21)16-19)23(29)24-14-18-9-5-2-6-10-18/h1-10,15,19H,11-14,16H2,(H,24,29)(H,26,28)/t19-/m0/s1. The molecule has 0 spiro atoms. The number of amides is 2. The van der Waals surface area contributed by atoms with E-state index in [-0.39, 0.29) is 17.9 Å². The second-order valence-electron chi connectivity index (χ2n) is 7.31. The maximum absolute atomic E-state index is 12.6. The van der Waals surface area contributed by atoms with Gasteiger partial charge in [-0.2, -0.15) is 5.10 Å². The van der Waals surface area contributed by atoms with Gasteiger partial charge in [-0.3, -0.25) is 14.3 Å². The van der Waals surface area contributed by atoms with Crippen LogP contribution in [0.2, 0.25) is 0 Å². The van der Waals surface area contributed by atoms with Gasteiger partial charge in [0.25, 0.3) is 5.91 Å². The summed E-state index contributed by atoms with van der Waals surface area (Å²) in [6.07, 6.45) is 3.40. The number of fused-ring (bicyclic) bond motifs is 1. The van der Waals surface area contributed by atoms with Crippen LogP contribution in [0.5, 0.6) is 0 Å². The lowest BCUT2D eigenvalue weighted by Crippen LogP contribution is -2.36. The number of aryl methyl sites for hydroxylation is 1. The SMILES string of the molecule is O=C(CCc1ccccc1)N[C@H]1Cc2c(C(=O)NCc3ccccc3)cnn2C1. The first-order valence-electron chi connectivity index (χ1n) is 9.89. The molecule has 0 saturated carbocycles. The second-order valence-corrected chi connectivity index (χ2v) is 7.31. The number of carbonyl (C=O) groups excluding carboxylic acids is 2. The summed E-state index contributed by atoms with van der Waals surface area (Å²) in [6, 6.07) is 19.8. The predicted octanol–water partition coefficient (Wildman–Crippen LogP) is 2.49. The van der Waals surface area contributed by atoms with Crippen LogP contribution >= 0.6 is 0 Å². The number of rotatable bonds is 7. The fourth-order valence-electron chi connectivity index (χ4n) is 3.65. The lowest BCUT2D eigenvalue weighted by atomic mass is 10.1. The van der Waals surface area contributed by atoms with Crippen LogP contribution in [-0.4, -0.2) is 27.6 Å². The van der Waals surface area contributed by atoms with Gasteiger partial charge in [0.15, 0.2) is 0 Å². The summed E-state index contributed by atoms with van der Waals surface area (Å²) in [4.78, 5) is 24.9. The van der Waals surface area contributed by atoms with Crippen LogP contribution in [0, 0.1) is 0 Å². The van der Waals surface area contributed by atoms with Crippen LogP contribution in [0.15, 0.2) is 66.9 Å². The van der Waals surface area contributed by atoms with Crippen LogP contribution in [0.3, 0.4) is 0 Å². The Morgan fingerprint density at radius 1 is 1.00 bits per heavy atom. The Morgan fingerprint density at radius 2 is 1.69 bits per heavy atom. The summed E-state index contributed by atoms with van der Waals surface area (Å²) >= 11 is 0. The number of hydrogen-bond donors (Lipinski definition) is 2. The van der Waals surface area contributed by atoms with Crippen molar-refractivity contribution in [2.24, 2.45) is 0 Å². The maximum atomic E-state index is 12.6. The highest BCUT2D eigenvalue weighted by molar-refractivity contribution is 5.95. The van der Waals surface area contributed by atoms with Crippen molar-refractivity contribution < 1.29 is 9.59 Å². The average Bonchev–Trinajstić information content (AvgIpc) is 3.32. The Kier molecular flexibility index (Phi) is 5.70. The monoisotopic (exact) mass is 388 g/mol. The lowest BCUT2D eigenvalue weighted by Gasteiger charge is -2.12. The molecule has 0 aliphatic carbocycles. The van der Waals surface area contributed by atoms with Crippen LogP contribution in [0.25, 0.3) is 0 Å². The quantitative estimate of drug-likeness (QED) is 0.653. The van der Waals surface area contributed by atoms with E-state index in [9.17, 15) is 9.59 Å². The Bertz CT molecular complexity index is 983. The molecule has 3 aromatic rings. The first-order chi connectivity index (χ1) is 14.2. The number of carbonyl (C=O) groups is 2. The molecule has 0 fully saturated rings. The van der Waals surface area contributed by atoms with E-state index in [0.29, 0.717) is 31.5 Å². The zero-order valence-electron chi connectivity index (χ0n) is 16.2. The molecule has 0 unspecified atom stereocenters. The number of nitrogens with zero attached hydrogens (tertiary/aromatic N) is 2. The van der Waals surface area contributed by atoms with Crippen molar-refractivity contribution in [1.82, 2.24) is 20.4 Å². The van der Waals surface area contributed by atoms with E-state index >= 15 is 0 Å². The summed E-state index contributed by atoms with van der Waals surface area (Å²) < 4.78 is 1.82. The van der Waals surface area contributed by atoms with E-state index in [1.807, 2.05) is 65.3 Å². The number of nitrogens with one attached hydrogen (secondary N) is 2. The van der Waals surface area contributed by atoms with Crippen molar-refractivity contribution in [2.45, 2.75) is 38.4 Å². The van der Waals surface area contributed by atoms with E-state index in [2.05, 4.69) is 15.7 Å². The van der Waals surface area contributed by atoms with Gasteiger partial charge in [-0.25, -0.2) is 0 Å². The molecule has 0 saturated heterocycles. The molecule has 0 bridgehead atoms. The lowest BCUT2D eigenvalue weighted by molar-refractivity contribution is -0.121. The molecule has 2 heterocycles. The Balaban J connectivity index is 1.29. The van der Waals surface area contributed by atoms with Crippen molar-refractivity contribution in [2.75, 3.05) is 0 Å². The molecule has 2 amide bonds. The predicted molar refractivity (Wildman–Crippen MR) is 110 cm³/mol. The zero-order valence-corrected chi connectivity index (χ0v) is 16.2. The molecular weight excluding hydrogens is 364 g/mol. The van der Waals surface area contributed by atoms with Gasteiger partial charge >= 0.3 is 0 Å². The molecule has 4 rings (SSSR count). The van der Waals surface area contributed by atoms with Crippen LogP contribution in [0.1, 0.15) is 33.6 Å². The molecule has 1 atom stereocenters. The molecule has 1 aromatic heterocycles. The van der Waals surface area contributed by atoms with Gasteiger partial charge in [0.2, 0.25) is 5.91 Å². The third kappa shape index (κ3) is 4.71. The fourth-order valence-corrected chi connectivity index (χ4v) is 3.65. The van der Waals surface area contributed by atoms with Crippen LogP contribution in [-0.2, 0) is 30.7 Å². The van der Waals surface area contributed by atoms with E-state index < -0.39 is 0 Å². The van der Waals surface area contributed by atoms with Crippen molar-refractivity contribution in [1.29, 1.82) is 0 Å². The van der Waals surface area contributed by atoms with Crippen molar-refractivity contribution >= 4 is 11.8 Å². The minimum Gasteiger partial charge on any atom is -0.351 e. The van der Waals surface area contributed by atoms with Gasteiger partial charge in [-0.05, 0) is 17.5 Å². The minimum absolute atomic E-state index is 0.0253. The molecule has 148 valence electrons. The van der Waals surface area contributed by atoms with Gasteiger partial charge in [-0.1, -0.05) is 60.7 Å². The summed E-state index contributed by atoms with van der Waals surface area (Å²) in [7, 11) is 0. The third-order valence-corrected chi connectivity index (χ3v) is 5.17. The number of hydrogen-bond acceptors (Lipinski definition) is 3. The molecular formula is C23H24N4O2. The summed E-state index contributed by atoms with van der Waals surface area (Å²) in [5.41, 5.74) is 3.67. The van der Waals surface area contributed by atoms with E-state index in [1.54, 1.807) is 6.20 Å². The zero-order chi connectivity index (χ0) is 20.1. The van der Waals surface area contributed by atoms with Gasteiger partial charge in [0.1, 0.15) is 0 Å². The number of benzene rings is 2. The molecule has 29 heavy (non-hydrogen) atoms. The largest absolute Gasteiger partial charge is 0.351 e. The van der Waals surface area contributed by atoms with Gasteiger partial charge in [0.05, 0.1) is 30.0 Å². The maximum Gasteiger partial charge on any atom is 0.255 e. The minimum atomic E-state index is -0.133. The smallest absolute Gasteiger partial charge is 0.255 e. The Labute approximate surface area is 169 Å².